The monoisotopic (exact) mass is 152 g/mol. The van der Waals surface area contributed by atoms with Crippen LogP contribution in [-0.2, 0) is 0 Å². The van der Waals surface area contributed by atoms with Crippen molar-refractivity contribution in [2.24, 2.45) is 10.2 Å². The van der Waals surface area contributed by atoms with Gasteiger partial charge in [-0.3, -0.25) is 0 Å². The third-order valence-electron chi connectivity index (χ3n) is 1.03. The van der Waals surface area contributed by atoms with Gasteiger partial charge < -0.3 is 10.2 Å². The van der Waals surface area contributed by atoms with Crippen LogP contribution in [0.1, 0.15) is 0 Å². The second kappa shape index (κ2) is 3.80. The zero-order valence-corrected chi connectivity index (χ0v) is 5.75. The Morgan fingerprint density at radius 3 is 2.27 bits per heavy atom. The maximum absolute atomic E-state index is 8.31. The van der Waals surface area contributed by atoms with Crippen LogP contribution in [0.15, 0.2) is 40.6 Å². The minimum Gasteiger partial charge on any atom is -0.349 e. The van der Waals surface area contributed by atoms with Crippen molar-refractivity contribution in [3.63, 3.8) is 0 Å². The normalized spacial score (nSPS) is 11.2. The number of hydrogen-bond donors (Lipinski definition) is 2. The van der Waals surface area contributed by atoms with Crippen molar-refractivity contribution in [1.29, 1.82) is 0 Å². The predicted octanol–water partition coefficient (Wildman–Crippen LogP) is 1.04. The molecule has 0 unspecified atom stereocenters. The van der Waals surface area contributed by atoms with Gasteiger partial charge in [0.1, 0.15) is 0 Å². The average Bonchev–Trinajstić information content (AvgIpc) is 2.03. The van der Waals surface area contributed by atoms with Gasteiger partial charge in [0.2, 0.25) is 0 Å². The number of benzene rings is 1. The van der Waals surface area contributed by atoms with E-state index in [0.29, 0.717) is 5.69 Å². The number of rotatable bonds is 2. The fourth-order valence-corrected chi connectivity index (χ4v) is 0.613. The molecule has 0 saturated heterocycles. The standard InChI is InChI=1S/C7H8N2O2/c10-7(11)9-8-6-4-2-1-3-5-6/h1-5,7,10-11H. The Hall–Kier alpha value is -1.26. The largest absolute Gasteiger partial charge is 0.349 e. The van der Waals surface area contributed by atoms with Crippen LogP contribution in [-0.4, -0.2) is 16.6 Å². The molecule has 11 heavy (non-hydrogen) atoms. The summed E-state index contributed by atoms with van der Waals surface area (Å²) in [5.74, 6) is 0. The van der Waals surface area contributed by atoms with Crippen molar-refractivity contribution in [1.82, 2.24) is 0 Å². The second-order valence-corrected chi connectivity index (χ2v) is 1.90. The highest BCUT2D eigenvalue weighted by Crippen LogP contribution is 2.09. The Bertz CT molecular complexity index is 233. The molecule has 4 heteroatoms. The van der Waals surface area contributed by atoms with E-state index in [-0.39, 0.29) is 0 Å². The first-order valence-corrected chi connectivity index (χ1v) is 3.11. The molecule has 1 aromatic carbocycles. The van der Waals surface area contributed by atoms with Crippen LogP contribution in [0.25, 0.3) is 0 Å². The molecule has 0 spiro atoms. The number of aliphatic hydroxyl groups is 2. The van der Waals surface area contributed by atoms with Gasteiger partial charge in [0, 0.05) is 0 Å². The summed E-state index contributed by atoms with van der Waals surface area (Å²) in [4.78, 5) is 0. The average molecular weight is 152 g/mol. The minimum atomic E-state index is -1.73. The highest BCUT2D eigenvalue weighted by Gasteiger charge is 1.89. The molecule has 1 aromatic rings. The van der Waals surface area contributed by atoms with Gasteiger partial charge in [-0.1, -0.05) is 18.2 Å². The van der Waals surface area contributed by atoms with Crippen molar-refractivity contribution in [3.05, 3.63) is 30.3 Å². The van der Waals surface area contributed by atoms with Crippen molar-refractivity contribution < 1.29 is 10.2 Å². The predicted molar refractivity (Wildman–Crippen MR) is 39.2 cm³/mol. The third-order valence-corrected chi connectivity index (χ3v) is 1.03. The molecule has 0 amide bonds. The fourth-order valence-electron chi connectivity index (χ4n) is 0.613. The van der Waals surface area contributed by atoms with Crippen LogP contribution in [0, 0.1) is 0 Å². The van der Waals surface area contributed by atoms with E-state index in [0.717, 1.165) is 0 Å². The van der Waals surface area contributed by atoms with Gasteiger partial charge in [0.15, 0.2) is 0 Å². The van der Waals surface area contributed by atoms with Gasteiger partial charge in [-0.05, 0) is 12.1 Å². The molecule has 4 nitrogen and oxygen atoms in total. The van der Waals surface area contributed by atoms with Gasteiger partial charge >= 0.3 is 0 Å². The van der Waals surface area contributed by atoms with Gasteiger partial charge in [-0.25, -0.2) is 0 Å². The van der Waals surface area contributed by atoms with E-state index in [1.54, 1.807) is 24.3 Å². The Balaban J connectivity index is 2.65. The third kappa shape index (κ3) is 2.88. The summed E-state index contributed by atoms with van der Waals surface area (Å²) in [6.45, 7) is 0. The SMILES string of the molecule is OC(O)N=Nc1ccccc1. The molecule has 0 heterocycles. The summed E-state index contributed by atoms with van der Waals surface area (Å²) in [6.07, 6.45) is -1.73. The number of aliphatic hydroxyl groups excluding tert-OH is 1. The topological polar surface area (TPSA) is 65.2 Å². The molecule has 1 rings (SSSR count). The molecular weight excluding hydrogens is 144 g/mol. The van der Waals surface area contributed by atoms with E-state index in [1.807, 2.05) is 6.07 Å². The molecule has 0 saturated carbocycles. The van der Waals surface area contributed by atoms with E-state index in [4.69, 9.17) is 10.2 Å². The molecule has 0 aliphatic heterocycles. The van der Waals surface area contributed by atoms with E-state index in [1.165, 1.54) is 0 Å². The lowest BCUT2D eigenvalue weighted by atomic mass is 10.3. The zero-order valence-electron chi connectivity index (χ0n) is 5.75. The smallest absolute Gasteiger partial charge is 0.272 e. The Morgan fingerprint density at radius 2 is 1.73 bits per heavy atom. The van der Waals surface area contributed by atoms with Crippen LogP contribution < -0.4 is 0 Å². The fraction of sp³-hybridized carbons (Fsp3) is 0.143. The zero-order chi connectivity index (χ0) is 8.10. The summed E-state index contributed by atoms with van der Waals surface area (Å²) in [5, 5.41) is 23.3. The Kier molecular flexibility index (Phi) is 2.71. The van der Waals surface area contributed by atoms with Crippen molar-refractivity contribution in [2.75, 3.05) is 0 Å². The van der Waals surface area contributed by atoms with Crippen molar-refractivity contribution in [2.45, 2.75) is 6.41 Å². The van der Waals surface area contributed by atoms with Crippen molar-refractivity contribution >= 4 is 5.69 Å². The lowest BCUT2D eigenvalue weighted by Crippen LogP contribution is -1.96. The summed E-state index contributed by atoms with van der Waals surface area (Å²) < 4.78 is 0. The molecule has 0 atom stereocenters. The first kappa shape index (κ1) is 7.84. The molecule has 0 radical (unpaired) electrons. The van der Waals surface area contributed by atoms with Crippen LogP contribution >= 0.6 is 0 Å². The maximum atomic E-state index is 8.31. The Morgan fingerprint density at radius 1 is 1.09 bits per heavy atom. The molecule has 2 N–H and O–H groups in total. The molecule has 0 aromatic heterocycles. The van der Waals surface area contributed by atoms with E-state index in [2.05, 4.69) is 10.2 Å². The lowest BCUT2D eigenvalue weighted by molar-refractivity contribution is -0.0365. The maximum Gasteiger partial charge on any atom is 0.272 e. The van der Waals surface area contributed by atoms with Gasteiger partial charge in [-0.15, -0.1) is 5.11 Å². The minimum absolute atomic E-state index is 0.598. The number of azo groups is 1. The van der Waals surface area contributed by atoms with Crippen molar-refractivity contribution in [3.8, 4) is 0 Å². The van der Waals surface area contributed by atoms with Crippen LogP contribution in [0.4, 0.5) is 5.69 Å². The second-order valence-electron chi connectivity index (χ2n) is 1.90. The first-order valence-electron chi connectivity index (χ1n) is 3.11. The molecule has 0 aliphatic carbocycles. The summed E-state index contributed by atoms with van der Waals surface area (Å²) in [6, 6.07) is 8.85. The van der Waals surface area contributed by atoms with Gasteiger partial charge in [-0.2, -0.15) is 5.11 Å². The summed E-state index contributed by atoms with van der Waals surface area (Å²) in [5.41, 5.74) is 0.598. The van der Waals surface area contributed by atoms with E-state index < -0.39 is 6.41 Å². The van der Waals surface area contributed by atoms with Crippen LogP contribution in [0.5, 0.6) is 0 Å². The quantitative estimate of drug-likeness (QED) is 0.491. The van der Waals surface area contributed by atoms with Gasteiger partial charge in [0.25, 0.3) is 6.41 Å². The highest BCUT2D eigenvalue weighted by molar-refractivity contribution is 5.34. The molecule has 58 valence electrons. The number of nitrogens with zero attached hydrogens (tertiary/aromatic N) is 2. The molecular formula is C7H8N2O2. The van der Waals surface area contributed by atoms with E-state index >= 15 is 0 Å². The first-order chi connectivity index (χ1) is 5.29. The van der Waals surface area contributed by atoms with Crippen LogP contribution in [0.2, 0.25) is 0 Å². The highest BCUT2D eigenvalue weighted by atomic mass is 16.5. The molecule has 0 fully saturated rings. The number of hydrogen-bond acceptors (Lipinski definition) is 4. The molecule has 0 aliphatic rings. The summed E-state index contributed by atoms with van der Waals surface area (Å²) >= 11 is 0. The van der Waals surface area contributed by atoms with Crippen LogP contribution in [0.3, 0.4) is 0 Å². The Labute approximate surface area is 63.8 Å². The van der Waals surface area contributed by atoms with E-state index in [9.17, 15) is 0 Å². The van der Waals surface area contributed by atoms with Gasteiger partial charge in [0.05, 0.1) is 5.69 Å². The molecule has 0 bridgehead atoms. The lowest BCUT2D eigenvalue weighted by Gasteiger charge is -1.91. The summed E-state index contributed by atoms with van der Waals surface area (Å²) in [7, 11) is 0.